The van der Waals surface area contributed by atoms with Crippen molar-refractivity contribution in [2.75, 3.05) is 18.2 Å². The third kappa shape index (κ3) is 3.85. The molecule has 0 bridgehead atoms. The molecule has 3 rings (SSSR count). The van der Waals surface area contributed by atoms with Crippen molar-refractivity contribution < 1.29 is 9.90 Å². The van der Waals surface area contributed by atoms with Crippen LogP contribution in [0.25, 0.3) is 10.6 Å². The summed E-state index contributed by atoms with van der Waals surface area (Å²) in [6.45, 7) is 1.84. The standard InChI is InChI=1S/C16H16N6O2S/c1-11-13(25-14(21-11)12-4-2-5-17-10-12)15(24)22(20-8-9-23)16-18-6-3-7-19-16/h2-7,10,20,23H,8-9H2,1H3. The molecular formula is C16H16N6O2S. The quantitative estimate of drug-likeness (QED) is 0.644. The molecule has 3 heterocycles. The molecule has 0 saturated carbocycles. The maximum Gasteiger partial charge on any atom is 0.287 e. The summed E-state index contributed by atoms with van der Waals surface area (Å²) in [5.74, 6) is -0.124. The van der Waals surface area contributed by atoms with Crippen molar-refractivity contribution in [2.24, 2.45) is 0 Å². The van der Waals surface area contributed by atoms with E-state index in [1.165, 1.54) is 16.3 Å². The van der Waals surface area contributed by atoms with Crippen molar-refractivity contribution in [3.05, 3.63) is 53.6 Å². The van der Waals surface area contributed by atoms with Gasteiger partial charge in [0.15, 0.2) is 0 Å². The first-order chi connectivity index (χ1) is 12.2. The molecule has 0 radical (unpaired) electrons. The van der Waals surface area contributed by atoms with Crippen molar-refractivity contribution in [1.82, 2.24) is 25.4 Å². The van der Waals surface area contributed by atoms with Crippen LogP contribution >= 0.6 is 11.3 Å². The smallest absolute Gasteiger partial charge is 0.287 e. The Bertz CT molecular complexity index is 840. The number of hydrazine groups is 1. The summed E-state index contributed by atoms with van der Waals surface area (Å²) < 4.78 is 0. The van der Waals surface area contributed by atoms with Crippen LogP contribution < -0.4 is 10.4 Å². The van der Waals surface area contributed by atoms with E-state index in [1.807, 2.05) is 12.1 Å². The largest absolute Gasteiger partial charge is 0.395 e. The number of hydrogen-bond acceptors (Lipinski definition) is 8. The second-order valence-electron chi connectivity index (χ2n) is 5.00. The zero-order valence-electron chi connectivity index (χ0n) is 13.5. The predicted molar refractivity (Wildman–Crippen MR) is 94.0 cm³/mol. The summed E-state index contributed by atoms with van der Waals surface area (Å²) >= 11 is 1.28. The monoisotopic (exact) mass is 356 g/mol. The molecule has 0 spiro atoms. The van der Waals surface area contributed by atoms with E-state index < -0.39 is 0 Å². The summed E-state index contributed by atoms with van der Waals surface area (Å²) in [6, 6.07) is 5.37. The molecule has 128 valence electrons. The number of aromatic nitrogens is 4. The van der Waals surface area contributed by atoms with Gasteiger partial charge in [-0.05, 0) is 25.1 Å². The van der Waals surface area contributed by atoms with E-state index >= 15 is 0 Å². The van der Waals surface area contributed by atoms with Gasteiger partial charge in [-0.1, -0.05) is 0 Å². The Hall–Kier alpha value is -2.75. The number of rotatable bonds is 6. The lowest BCUT2D eigenvalue weighted by Gasteiger charge is -2.20. The molecule has 0 aromatic carbocycles. The van der Waals surface area contributed by atoms with Gasteiger partial charge in [0, 0.05) is 36.9 Å². The van der Waals surface area contributed by atoms with E-state index in [4.69, 9.17) is 5.11 Å². The van der Waals surface area contributed by atoms with E-state index in [0.29, 0.717) is 15.6 Å². The number of thiazole rings is 1. The number of nitrogens with zero attached hydrogens (tertiary/aromatic N) is 5. The average Bonchev–Trinajstić information content (AvgIpc) is 3.05. The fourth-order valence-corrected chi connectivity index (χ4v) is 3.10. The molecule has 0 saturated heterocycles. The van der Waals surface area contributed by atoms with Gasteiger partial charge in [-0.2, -0.15) is 0 Å². The zero-order chi connectivity index (χ0) is 17.6. The summed E-state index contributed by atoms with van der Waals surface area (Å²) in [7, 11) is 0. The maximum absolute atomic E-state index is 13.0. The molecule has 25 heavy (non-hydrogen) atoms. The molecule has 3 aromatic rings. The lowest BCUT2D eigenvalue weighted by Crippen LogP contribution is -2.45. The molecule has 8 nitrogen and oxygen atoms in total. The van der Waals surface area contributed by atoms with Crippen molar-refractivity contribution in [3.8, 4) is 10.6 Å². The number of aryl methyl sites for hydroxylation is 1. The molecule has 0 fully saturated rings. The SMILES string of the molecule is Cc1nc(-c2cccnc2)sc1C(=O)N(NCCO)c1ncccn1. The Morgan fingerprint density at radius 3 is 2.76 bits per heavy atom. The fourth-order valence-electron chi connectivity index (χ4n) is 2.11. The summed E-state index contributed by atoms with van der Waals surface area (Å²) in [6.07, 6.45) is 6.48. The fraction of sp³-hybridized carbons (Fsp3) is 0.188. The predicted octanol–water partition coefficient (Wildman–Crippen LogP) is 1.45. The summed E-state index contributed by atoms with van der Waals surface area (Å²) in [5, 5.41) is 11.0. The molecule has 9 heteroatoms. The second-order valence-corrected chi connectivity index (χ2v) is 6.00. The number of carbonyl (C=O) groups excluding carboxylic acids is 1. The van der Waals surface area contributed by atoms with E-state index in [-0.39, 0.29) is 25.0 Å². The van der Waals surface area contributed by atoms with Crippen LogP contribution in [0.4, 0.5) is 5.95 Å². The Morgan fingerprint density at radius 2 is 2.08 bits per heavy atom. The van der Waals surface area contributed by atoms with Crippen LogP contribution in [-0.4, -0.2) is 44.1 Å². The van der Waals surface area contributed by atoms with Gasteiger partial charge in [0.25, 0.3) is 5.91 Å². The van der Waals surface area contributed by atoms with Gasteiger partial charge in [-0.25, -0.2) is 25.4 Å². The Labute approximate surface area is 148 Å². The summed E-state index contributed by atoms with van der Waals surface area (Å²) in [5.41, 5.74) is 4.29. The van der Waals surface area contributed by atoms with E-state index in [1.54, 1.807) is 37.8 Å². The Balaban J connectivity index is 1.93. The van der Waals surface area contributed by atoms with Gasteiger partial charge in [-0.3, -0.25) is 9.78 Å². The zero-order valence-corrected chi connectivity index (χ0v) is 14.3. The van der Waals surface area contributed by atoms with Crippen LogP contribution in [0.5, 0.6) is 0 Å². The van der Waals surface area contributed by atoms with E-state index in [0.717, 1.165) is 5.56 Å². The third-order valence-corrected chi connectivity index (χ3v) is 4.43. The van der Waals surface area contributed by atoms with E-state index in [9.17, 15) is 4.79 Å². The number of aliphatic hydroxyl groups is 1. The first-order valence-corrected chi connectivity index (χ1v) is 8.36. The van der Waals surface area contributed by atoms with Gasteiger partial charge in [0.1, 0.15) is 9.88 Å². The third-order valence-electron chi connectivity index (χ3n) is 3.24. The van der Waals surface area contributed by atoms with Crippen LogP contribution in [0, 0.1) is 6.92 Å². The highest BCUT2D eigenvalue weighted by molar-refractivity contribution is 7.17. The van der Waals surface area contributed by atoms with Gasteiger partial charge in [0.2, 0.25) is 5.95 Å². The second kappa shape index (κ2) is 7.88. The normalized spacial score (nSPS) is 10.6. The highest BCUT2D eigenvalue weighted by atomic mass is 32.1. The molecule has 0 unspecified atom stereocenters. The van der Waals surface area contributed by atoms with Gasteiger partial charge in [0.05, 0.1) is 12.3 Å². The van der Waals surface area contributed by atoms with Crippen molar-refractivity contribution in [3.63, 3.8) is 0 Å². The summed E-state index contributed by atoms with van der Waals surface area (Å²) in [4.78, 5) is 30.2. The lowest BCUT2D eigenvalue weighted by molar-refractivity contribution is 0.0973. The number of amides is 1. The number of pyridine rings is 1. The Kier molecular flexibility index (Phi) is 5.39. The molecular weight excluding hydrogens is 340 g/mol. The number of carbonyl (C=O) groups is 1. The first-order valence-electron chi connectivity index (χ1n) is 7.54. The van der Waals surface area contributed by atoms with Gasteiger partial charge >= 0.3 is 0 Å². The van der Waals surface area contributed by atoms with Crippen molar-refractivity contribution in [1.29, 1.82) is 0 Å². The van der Waals surface area contributed by atoms with Crippen molar-refractivity contribution >= 4 is 23.2 Å². The number of nitrogens with one attached hydrogen (secondary N) is 1. The Morgan fingerprint density at radius 1 is 1.28 bits per heavy atom. The highest BCUT2D eigenvalue weighted by Gasteiger charge is 2.24. The highest BCUT2D eigenvalue weighted by Crippen LogP contribution is 2.28. The molecule has 0 atom stereocenters. The van der Waals surface area contributed by atoms with Crippen LogP contribution in [0.1, 0.15) is 15.4 Å². The van der Waals surface area contributed by atoms with Crippen LogP contribution in [0.2, 0.25) is 0 Å². The minimum Gasteiger partial charge on any atom is -0.395 e. The average molecular weight is 356 g/mol. The van der Waals surface area contributed by atoms with Crippen molar-refractivity contribution in [2.45, 2.75) is 6.92 Å². The number of aliphatic hydroxyl groups excluding tert-OH is 1. The number of hydrogen-bond donors (Lipinski definition) is 2. The topological polar surface area (TPSA) is 104 Å². The van der Waals surface area contributed by atoms with Gasteiger partial charge in [-0.15, -0.1) is 11.3 Å². The molecule has 2 N–H and O–H groups in total. The molecule has 0 aliphatic heterocycles. The first kappa shape index (κ1) is 17.1. The molecule has 0 aliphatic rings. The molecule has 0 aliphatic carbocycles. The molecule has 3 aromatic heterocycles. The van der Waals surface area contributed by atoms with Crippen LogP contribution in [-0.2, 0) is 0 Å². The minimum atomic E-state index is -0.329. The van der Waals surface area contributed by atoms with Crippen LogP contribution in [0.3, 0.4) is 0 Å². The molecule has 1 amide bonds. The van der Waals surface area contributed by atoms with E-state index in [2.05, 4.69) is 25.4 Å². The van der Waals surface area contributed by atoms with Crippen LogP contribution in [0.15, 0.2) is 43.0 Å². The van der Waals surface area contributed by atoms with Gasteiger partial charge < -0.3 is 5.11 Å². The lowest BCUT2D eigenvalue weighted by atomic mass is 10.3. The maximum atomic E-state index is 13.0. The minimum absolute atomic E-state index is 0.126. The number of anilines is 1.